The van der Waals surface area contributed by atoms with E-state index >= 15 is 0 Å². The zero-order chi connectivity index (χ0) is 14.1. The summed E-state index contributed by atoms with van der Waals surface area (Å²) < 4.78 is 7.63. The molecule has 0 aliphatic heterocycles. The van der Waals surface area contributed by atoms with E-state index in [0.717, 1.165) is 22.7 Å². The van der Waals surface area contributed by atoms with Gasteiger partial charge in [-0.2, -0.15) is 0 Å². The highest BCUT2D eigenvalue weighted by atomic mass is 16.5. The quantitative estimate of drug-likeness (QED) is 0.712. The molecular weight excluding hydrogens is 248 g/mol. The number of aromatic nitrogens is 2. The summed E-state index contributed by atoms with van der Waals surface area (Å²) in [5, 5.41) is 0. The van der Waals surface area contributed by atoms with Crippen LogP contribution in [0.3, 0.4) is 0 Å². The van der Waals surface area contributed by atoms with Gasteiger partial charge >= 0.3 is 0 Å². The van der Waals surface area contributed by atoms with Crippen LogP contribution >= 0.6 is 0 Å². The topological polar surface area (TPSA) is 26.5 Å². The number of methoxy groups -OCH3 is 1. The van der Waals surface area contributed by atoms with E-state index in [1.54, 1.807) is 7.11 Å². The average Bonchev–Trinajstić information content (AvgIpc) is 2.90. The summed E-state index contributed by atoms with van der Waals surface area (Å²) >= 11 is 0. The number of ether oxygens (including phenoxy) is 1. The number of nitrogens with zero attached hydrogens (tertiary/aromatic N) is 2. The van der Waals surface area contributed by atoms with Crippen LogP contribution in [0.4, 0.5) is 0 Å². The Morgan fingerprint density at radius 2 is 2.00 bits per heavy atom. The smallest absolute Gasteiger partial charge is 0.148 e. The minimum Gasteiger partial charge on any atom is -0.496 e. The number of fused-ring (bicyclic) bond motifs is 1. The fraction of sp³-hybridized carbons (Fsp3) is 0.235. The van der Waals surface area contributed by atoms with E-state index in [1.807, 2.05) is 30.6 Å². The lowest BCUT2D eigenvalue weighted by Gasteiger charge is -2.12. The van der Waals surface area contributed by atoms with Gasteiger partial charge in [-0.15, -0.1) is 0 Å². The molecule has 0 unspecified atom stereocenters. The van der Waals surface area contributed by atoms with Crippen molar-refractivity contribution in [3.63, 3.8) is 0 Å². The number of pyridine rings is 1. The van der Waals surface area contributed by atoms with Crippen molar-refractivity contribution in [2.45, 2.75) is 19.8 Å². The lowest BCUT2D eigenvalue weighted by atomic mass is 10.0. The van der Waals surface area contributed by atoms with Gasteiger partial charge < -0.3 is 4.74 Å². The SMILES string of the molecule is COc1cc(C(C)C)ccc1-c1ncc2ccccn12. The van der Waals surface area contributed by atoms with Crippen LogP contribution < -0.4 is 4.74 Å². The van der Waals surface area contributed by atoms with Gasteiger partial charge in [0.1, 0.15) is 11.6 Å². The second-order valence-corrected chi connectivity index (χ2v) is 5.19. The fourth-order valence-electron chi connectivity index (χ4n) is 2.39. The highest BCUT2D eigenvalue weighted by Gasteiger charge is 2.13. The van der Waals surface area contributed by atoms with Gasteiger partial charge in [0.2, 0.25) is 0 Å². The Morgan fingerprint density at radius 3 is 2.75 bits per heavy atom. The van der Waals surface area contributed by atoms with Crippen molar-refractivity contribution in [3.05, 3.63) is 54.4 Å². The molecule has 1 aromatic carbocycles. The first-order valence-corrected chi connectivity index (χ1v) is 6.81. The molecule has 3 nitrogen and oxygen atoms in total. The molecule has 0 saturated heterocycles. The second-order valence-electron chi connectivity index (χ2n) is 5.19. The molecule has 0 N–H and O–H groups in total. The van der Waals surface area contributed by atoms with Crippen molar-refractivity contribution >= 4 is 5.52 Å². The third kappa shape index (κ3) is 2.05. The van der Waals surface area contributed by atoms with Crippen molar-refractivity contribution in [2.24, 2.45) is 0 Å². The fourth-order valence-corrected chi connectivity index (χ4v) is 2.39. The molecule has 0 aliphatic carbocycles. The molecule has 0 atom stereocenters. The van der Waals surface area contributed by atoms with Crippen LogP contribution in [0, 0.1) is 0 Å². The minimum atomic E-state index is 0.481. The number of rotatable bonds is 3. The van der Waals surface area contributed by atoms with Crippen molar-refractivity contribution < 1.29 is 4.74 Å². The first-order chi connectivity index (χ1) is 9.70. The highest BCUT2D eigenvalue weighted by Crippen LogP contribution is 2.32. The Balaban J connectivity index is 2.19. The van der Waals surface area contributed by atoms with Gasteiger partial charge in [-0.3, -0.25) is 4.40 Å². The van der Waals surface area contributed by atoms with E-state index in [1.165, 1.54) is 5.56 Å². The zero-order valence-electron chi connectivity index (χ0n) is 12.0. The largest absolute Gasteiger partial charge is 0.496 e. The molecule has 0 radical (unpaired) electrons. The summed E-state index contributed by atoms with van der Waals surface area (Å²) in [7, 11) is 1.71. The van der Waals surface area contributed by atoms with Crippen molar-refractivity contribution in [1.29, 1.82) is 0 Å². The Kier molecular flexibility index (Phi) is 3.18. The lowest BCUT2D eigenvalue weighted by molar-refractivity contribution is 0.415. The van der Waals surface area contributed by atoms with Gasteiger partial charge in [0.15, 0.2) is 0 Å². The van der Waals surface area contributed by atoms with Crippen molar-refractivity contribution in [1.82, 2.24) is 9.38 Å². The molecule has 3 heteroatoms. The minimum absolute atomic E-state index is 0.481. The van der Waals surface area contributed by atoms with Crippen LogP contribution in [-0.2, 0) is 0 Å². The molecule has 0 amide bonds. The van der Waals surface area contributed by atoms with Gasteiger partial charge in [-0.25, -0.2) is 4.98 Å². The first kappa shape index (κ1) is 12.7. The number of hydrogen-bond donors (Lipinski definition) is 0. The second kappa shape index (κ2) is 5.00. The molecule has 0 spiro atoms. The highest BCUT2D eigenvalue weighted by molar-refractivity contribution is 5.69. The molecular formula is C17H18N2O. The summed E-state index contributed by atoms with van der Waals surface area (Å²) in [6, 6.07) is 12.4. The summed E-state index contributed by atoms with van der Waals surface area (Å²) in [6.45, 7) is 4.36. The zero-order valence-corrected chi connectivity index (χ0v) is 12.0. The predicted octanol–water partition coefficient (Wildman–Crippen LogP) is 4.13. The number of hydrogen-bond acceptors (Lipinski definition) is 2. The normalized spacial score (nSPS) is 11.2. The molecule has 0 bridgehead atoms. The molecule has 3 rings (SSSR count). The molecule has 0 fully saturated rings. The van der Waals surface area contributed by atoms with Crippen molar-refractivity contribution in [3.8, 4) is 17.1 Å². The Labute approximate surface area is 118 Å². The van der Waals surface area contributed by atoms with Gasteiger partial charge in [0.25, 0.3) is 0 Å². The van der Waals surface area contributed by atoms with Gasteiger partial charge in [-0.05, 0) is 35.7 Å². The van der Waals surface area contributed by atoms with Crippen LogP contribution in [-0.4, -0.2) is 16.5 Å². The third-order valence-corrected chi connectivity index (χ3v) is 3.57. The summed E-state index contributed by atoms with van der Waals surface area (Å²) in [5.41, 5.74) is 3.37. The maximum Gasteiger partial charge on any atom is 0.148 e. The van der Waals surface area contributed by atoms with Gasteiger partial charge in [-0.1, -0.05) is 26.0 Å². The molecule has 2 heterocycles. The summed E-state index contributed by atoms with van der Waals surface area (Å²) in [5.74, 6) is 2.26. The molecule has 3 aromatic rings. The molecule has 0 saturated carbocycles. The Bertz CT molecular complexity index is 744. The molecule has 0 aliphatic rings. The van der Waals surface area contributed by atoms with Gasteiger partial charge in [0.05, 0.1) is 24.4 Å². The third-order valence-electron chi connectivity index (χ3n) is 3.57. The van der Waals surface area contributed by atoms with E-state index < -0.39 is 0 Å². The van der Waals surface area contributed by atoms with E-state index in [4.69, 9.17) is 4.74 Å². The average molecular weight is 266 g/mol. The lowest BCUT2D eigenvalue weighted by Crippen LogP contribution is -1.95. The van der Waals surface area contributed by atoms with Crippen LogP contribution in [0.1, 0.15) is 25.3 Å². The predicted molar refractivity (Wildman–Crippen MR) is 81.3 cm³/mol. The van der Waals surface area contributed by atoms with Crippen molar-refractivity contribution in [2.75, 3.05) is 7.11 Å². The van der Waals surface area contributed by atoms with Gasteiger partial charge in [0, 0.05) is 6.20 Å². The Morgan fingerprint density at radius 1 is 1.15 bits per heavy atom. The first-order valence-electron chi connectivity index (χ1n) is 6.81. The van der Waals surface area contributed by atoms with Crippen LogP contribution in [0.25, 0.3) is 16.9 Å². The monoisotopic (exact) mass is 266 g/mol. The number of benzene rings is 1. The van der Waals surface area contributed by atoms with Crippen LogP contribution in [0.5, 0.6) is 5.75 Å². The maximum absolute atomic E-state index is 5.56. The summed E-state index contributed by atoms with van der Waals surface area (Å²) in [6.07, 6.45) is 3.90. The van der Waals surface area contributed by atoms with E-state index in [0.29, 0.717) is 5.92 Å². The molecule has 102 valence electrons. The van der Waals surface area contributed by atoms with E-state index in [2.05, 4.69) is 41.4 Å². The Hall–Kier alpha value is -2.29. The van der Waals surface area contributed by atoms with Crippen LogP contribution in [0.2, 0.25) is 0 Å². The molecule has 2 aromatic heterocycles. The van der Waals surface area contributed by atoms with Crippen LogP contribution in [0.15, 0.2) is 48.8 Å². The number of imidazole rings is 1. The maximum atomic E-state index is 5.56. The standard InChI is InChI=1S/C17H18N2O/c1-12(2)13-7-8-15(16(10-13)20-3)17-18-11-14-6-4-5-9-19(14)17/h4-12H,1-3H3. The van der Waals surface area contributed by atoms with E-state index in [9.17, 15) is 0 Å². The molecule has 20 heavy (non-hydrogen) atoms. The summed E-state index contributed by atoms with van der Waals surface area (Å²) in [4.78, 5) is 4.53. The van der Waals surface area contributed by atoms with E-state index in [-0.39, 0.29) is 0 Å².